The number of aliphatic hydroxyl groups excluding tert-OH is 1. The average molecular weight is 204 g/mol. The summed E-state index contributed by atoms with van der Waals surface area (Å²) in [5.41, 5.74) is 0. The van der Waals surface area contributed by atoms with E-state index in [1.54, 1.807) is 0 Å². The molecular weight excluding hydrogens is 188 g/mol. The molecule has 2 aliphatic rings. The standard InChI is InChI=1S/C9H16OS2/c10-8-3-1-4-9(7-8)11-5-2-6-12-9/h8,10H,1-7H2. The van der Waals surface area contributed by atoms with Gasteiger partial charge in [0.25, 0.3) is 0 Å². The maximum atomic E-state index is 9.60. The van der Waals surface area contributed by atoms with E-state index in [1.165, 1.54) is 30.8 Å². The molecular formula is C9H16OS2. The Morgan fingerprint density at radius 1 is 1.17 bits per heavy atom. The molecule has 0 amide bonds. The summed E-state index contributed by atoms with van der Waals surface area (Å²) >= 11 is 4.19. The first-order valence-corrected chi connectivity index (χ1v) is 6.74. The second-order valence-electron chi connectivity index (χ2n) is 3.71. The smallest absolute Gasteiger partial charge is 0.0635 e. The minimum Gasteiger partial charge on any atom is -0.393 e. The largest absolute Gasteiger partial charge is 0.393 e. The molecule has 1 N–H and O–H groups in total. The van der Waals surface area contributed by atoms with E-state index in [4.69, 9.17) is 0 Å². The van der Waals surface area contributed by atoms with Crippen molar-refractivity contribution < 1.29 is 5.11 Å². The molecule has 1 spiro atoms. The van der Waals surface area contributed by atoms with Crippen LogP contribution >= 0.6 is 23.5 Å². The van der Waals surface area contributed by atoms with Crippen LogP contribution in [-0.2, 0) is 0 Å². The third-order valence-corrected chi connectivity index (χ3v) is 6.15. The Labute approximate surface area is 82.7 Å². The van der Waals surface area contributed by atoms with Crippen molar-refractivity contribution in [2.75, 3.05) is 11.5 Å². The summed E-state index contributed by atoms with van der Waals surface area (Å²) in [5.74, 6) is 2.61. The third-order valence-electron chi connectivity index (χ3n) is 2.66. The molecule has 1 atom stereocenters. The molecule has 2 rings (SSSR count). The van der Waals surface area contributed by atoms with E-state index < -0.39 is 0 Å². The summed E-state index contributed by atoms with van der Waals surface area (Å²) in [6.07, 6.45) is 5.94. The molecule has 0 bridgehead atoms. The number of thioether (sulfide) groups is 2. The predicted molar refractivity (Wildman–Crippen MR) is 56.7 cm³/mol. The van der Waals surface area contributed by atoms with Crippen molar-refractivity contribution in [1.82, 2.24) is 0 Å². The highest BCUT2D eigenvalue weighted by atomic mass is 32.2. The summed E-state index contributed by atoms with van der Waals surface area (Å²) < 4.78 is 0.413. The lowest BCUT2D eigenvalue weighted by Gasteiger charge is -2.40. The Bertz CT molecular complexity index is 149. The minimum absolute atomic E-state index is 0.0168. The summed E-state index contributed by atoms with van der Waals surface area (Å²) in [4.78, 5) is 0. The topological polar surface area (TPSA) is 20.2 Å². The van der Waals surface area contributed by atoms with Gasteiger partial charge in [-0.15, -0.1) is 23.5 Å². The van der Waals surface area contributed by atoms with Crippen molar-refractivity contribution in [3.63, 3.8) is 0 Å². The van der Waals surface area contributed by atoms with E-state index in [0.29, 0.717) is 4.08 Å². The first kappa shape index (κ1) is 9.22. The molecule has 3 heteroatoms. The molecule has 1 saturated heterocycles. The van der Waals surface area contributed by atoms with Crippen LogP contribution in [0, 0.1) is 0 Å². The maximum Gasteiger partial charge on any atom is 0.0635 e. The third kappa shape index (κ3) is 1.94. The molecule has 70 valence electrons. The van der Waals surface area contributed by atoms with Gasteiger partial charge < -0.3 is 5.11 Å². The van der Waals surface area contributed by atoms with E-state index >= 15 is 0 Å². The monoisotopic (exact) mass is 204 g/mol. The van der Waals surface area contributed by atoms with Gasteiger partial charge in [-0.05, 0) is 43.6 Å². The highest BCUT2D eigenvalue weighted by Crippen LogP contribution is 2.51. The lowest BCUT2D eigenvalue weighted by molar-refractivity contribution is 0.128. The van der Waals surface area contributed by atoms with Gasteiger partial charge in [0.1, 0.15) is 0 Å². The zero-order valence-corrected chi connectivity index (χ0v) is 8.92. The van der Waals surface area contributed by atoms with Gasteiger partial charge in [0, 0.05) is 0 Å². The molecule has 0 aromatic heterocycles. The highest BCUT2D eigenvalue weighted by molar-refractivity contribution is 8.18. The van der Waals surface area contributed by atoms with Crippen molar-refractivity contribution in [3.05, 3.63) is 0 Å². The van der Waals surface area contributed by atoms with E-state index in [1.807, 2.05) is 0 Å². The Hall–Kier alpha value is 0.660. The Balaban J connectivity index is 1.97. The van der Waals surface area contributed by atoms with Crippen molar-refractivity contribution >= 4 is 23.5 Å². The van der Waals surface area contributed by atoms with Crippen molar-refractivity contribution in [3.8, 4) is 0 Å². The summed E-state index contributed by atoms with van der Waals surface area (Å²) in [6, 6.07) is 0. The Morgan fingerprint density at radius 3 is 2.58 bits per heavy atom. The first-order valence-electron chi connectivity index (χ1n) is 4.77. The average Bonchev–Trinajstić information content (AvgIpc) is 2.05. The van der Waals surface area contributed by atoms with Crippen LogP contribution < -0.4 is 0 Å². The van der Waals surface area contributed by atoms with Gasteiger partial charge in [-0.1, -0.05) is 0 Å². The molecule has 0 aromatic carbocycles. The second-order valence-corrected chi connectivity index (χ2v) is 6.93. The summed E-state index contributed by atoms with van der Waals surface area (Å²) in [6.45, 7) is 0. The van der Waals surface area contributed by atoms with Gasteiger partial charge in [0.15, 0.2) is 0 Å². The molecule has 2 fully saturated rings. The second kappa shape index (κ2) is 3.81. The molecule has 1 aliphatic heterocycles. The van der Waals surface area contributed by atoms with Gasteiger partial charge >= 0.3 is 0 Å². The van der Waals surface area contributed by atoms with E-state index in [2.05, 4.69) is 23.5 Å². The molecule has 1 unspecified atom stereocenters. The van der Waals surface area contributed by atoms with Crippen LogP contribution in [0.2, 0.25) is 0 Å². The maximum absolute atomic E-state index is 9.60. The quantitative estimate of drug-likeness (QED) is 0.654. The van der Waals surface area contributed by atoms with Crippen LogP contribution in [0.4, 0.5) is 0 Å². The molecule has 1 nitrogen and oxygen atoms in total. The summed E-state index contributed by atoms with van der Waals surface area (Å²) in [5, 5.41) is 9.60. The fraction of sp³-hybridized carbons (Fsp3) is 1.00. The number of hydrogen-bond donors (Lipinski definition) is 1. The minimum atomic E-state index is -0.0168. The zero-order valence-electron chi connectivity index (χ0n) is 7.29. The zero-order chi connectivity index (χ0) is 8.44. The van der Waals surface area contributed by atoms with Gasteiger partial charge in [-0.3, -0.25) is 0 Å². The van der Waals surface area contributed by atoms with Gasteiger partial charge in [-0.2, -0.15) is 0 Å². The molecule has 12 heavy (non-hydrogen) atoms. The van der Waals surface area contributed by atoms with Crippen LogP contribution in [0.1, 0.15) is 32.1 Å². The Kier molecular flexibility index (Phi) is 2.93. The van der Waals surface area contributed by atoms with Crippen LogP contribution in [0.15, 0.2) is 0 Å². The fourth-order valence-corrected chi connectivity index (χ4v) is 5.58. The van der Waals surface area contributed by atoms with Crippen molar-refractivity contribution in [2.24, 2.45) is 0 Å². The van der Waals surface area contributed by atoms with Crippen LogP contribution in [0.3, 0.4) is 0 Å². The molecule has 0 radical (unpaired) electrons. The fourth-order valence-electron chi connectivity index (χ4n) is 2.05. The van der Waals surface area contributed by atoms with E-state index in [-0.39, 0.29) is 6.10 Å². The lowest BCUT2D eigenvalue weighted by atomic mass is 9.97. The van der Waals surface area contributed by atoms with Crippen molar-refractivity contribution in [2.45, 2.75) is 42.3 Å². The lowest BCUT2D eigenvalue weighted by Crippen LogP contribution is -2.34. The van der Waals surface area contributed by atoms with Gasteiger partial charge in [0.2, 0.25) is 0 Å². The SMILES string of the molecule is OC1CCCC2(C1)SCCCS2. The van der Waals surface area contributed by atoms with Gasteiger partial charge in [0.05, 0.1) is 10.2 Å². The predicted octanol–water partition coefficient (Wildman–Crippen LogP) is 2.49. The first-order chi connectivity index (χ1) is 5.81. The number of aliphatic hydroxyl groups is 1. The molecule has 1 heterocycles. The van der Waals surface area contributed by atoms with Crippen LogP contribution in [0.5, 0.6) is 0 Å². The van der Waals surface area contributed by atoms with Gasteiger partial charge in [-0.25, -0.2) is 0 Å². The molecule has 1 aliphatic carbocycles. The molecule has 0 aromatic rings. The normalized spacial score (nSPS) is 35.2. The van der Waals surface area contributed by atoms with E-state index in [9.17, 15) is 5.11 Å². The highest BCUT2D eigenvalue weighted by Gasteiger charge is 2.38. The van der Waals surface area contributed by atoms with Crippen LogP contribution in [0.25, 0.3) is 0 Å². The Morgan fingerprint density at radius 2 is 1.92 bits per heavy atom. The number of hydrogen-bond acceptors (Lipinski definition) is 3. The van der Waals surface area contributed by atoms with Crippen LogP contribution in [-0.4, -0.2) is 26.8 Å². The summed E-state index contributed by atoms with van der Waals surface area (Å²) in [7, 11) is 0. The molecule has 1 saturated carbocycles. The van der Waals surface area contributed by atoms with Crippen molar-refractivity contribution in [1.29, 1.82) is 0 Å². The van der Waals surface area contributed by atoms with E-state index in [0.717, 1.165) is 12.8 Å². The number of rotatable bonds is 0.